The number of ketones is 1. The van der Waals surface area contributed by atoms with Crippen LogP contribution in [-0.2, 0) is 71.4 Å². The first-order valence-corrected chi connectivity index (χ1v) is 25.1. The van der Waals surface area contributed by atoms with Crippen LogP contribution in [0.3, 0.4) is 0 Å². The Bertz CT molecular complexity index is 2030. The second kappa shape index (κ2) is 38.3. The summed E-state index contributed by atoms with van der Waals surface area (Å²) >= 11 is 0. The molecule has 30 nitrogen and oxygen atoms in total. The molecule has 0 fully saturated rings. The van der Waals surface area contributed by atoms with Crippen molar-refractivity contribution < 1.29 is 102 Å². The first kappa shape index (κ1) is 67.9. The summed E-state index contributed by atoms with van der Waals surface area (Å²) in [5.41, 5.74) is 22.1. The van der Waals surface area contributed by atoms with Gasteiger partial charge in [-0.05, 0) is 25.0 Å². The van der Waals surface area contributed by atoms with Crippen molar-refractivity contribution in [3.63, 3.8) is 0 Å². The largest absolute Gasteiger partial charge is 0.480 e. The molecule has 2 rings (SSSR count). The molecule has 0 saturated heterocycles. The van der Waals surface area contributed by atoms with Crippen molar-refractivity contribution in [1.82, 2.24) is 15.5 Å². The quantitative estimate of drug-likeness (QED) is 0.0118. The lowest BCUT2D eigenvalue weighted by molar-refractivity contribution is -0.159. The molecule has 0 saturated carbocycles. The minimum absolute atomic E-state index is 0.0200. The molecule has 2 heterocycles. The monoisotopic (exact) mass is 1120 g/mol. The Morgan fingerprint density at radius 1 is 0.705 bits per heavy atom. The summed E-state index contributed by atoms with van der Waals surface area (Å²) < 4.78 is 49.9. The highest BCUT2D eigenvalue weighted by Gasteiger charge is 2.46. The standard InChI is InChI=1S/C48H79N9O21/c1-4-13-70-17-19-73-21-22-74-20-18-71-14-9-39(65)57(11-7-5-6-8-31(61)27-75-42(34(62)25-58)41-29(2)32(55-47(49)50)23-36(77-41)45(66)67)12-16-72-15-10-53-38(64)28-76-43(35(63)26-59)44-40(54-30(3)60)33(56-48(51)52)24-37(78-44)46(68)69/h1,23-24,29,32-35,40-44,58-59,62-63H,5-22,25-28H2,2-3H3,(H,53,64)(H,54,60)(H,66,67)(H,68,69)(H4,49,50,55)(H4,51,52,56)/t29-,32+,33+,34-,35-,40-,41-,42-,43-,44-/m1/s1. The van der Waals surface area contributed by atoms with Crippen molar-refractivity contribution in [1.29, 1.82) is 0 Å². The highest BCUT2D eigenvalue weighted by atomic mass is 16.6. The fourth-order valence-electron chi connectivity index (χ4n) is 7.76. The van der Waals surface area contributed by atoms with Crippen LogP contribution in [0.4, 0.5) is 0 Å². The first-order valence-electron chi connectivity index (χ1n) is 25.1. The molecular formula is C48H79N9O21. The number of aliphatic carboxylic acids is 2. The smallest absolute Gasteiger partial charge is 0.370 e. The third-order valence-corrected chi connectivity index (χ3v) is 11.5. The van der Waals surface area contributed by atoms with E-state index in [1.807, 2.05) is 0 Å². The Balaban J connectivity index is 1.97. The maximum Gasteiger partial charge on any atom is 0.370 e. The maximum atomic E-state index is 13.4. The summed E-state index contributed by atoms with van der Waals surface area (Å²) in [5, 5.41) is 65.3. The van der Waals surface area contributed by atoms with Gasteiger partial charge < -0.3 is 112 Å². The minimum atomic E-state index is -1.74. The Kier molecular flexibility index (Phi) is 33.4. The van der Waals surface area contributed by atoms with Gasteiger partial charge in [-0.3, -0.25) is 19.2 Å². The molecule has 30 heteroatoms. The van der Waals surface area contributed by atoms with Crippen LogP contribution in [-0.4, -0.2) is 250 Å². The van der Waals surface area contributed by atoms with Crippen LogP contribution < -0.4 is 33.6 Å². The van der Waals surface area contributed by atoms with Crippen molar-refractivity contribution in [3.8, 4) is 12.3 Å². The molecule has 0 aromatic carbocycles. The van der Waals surface area contributed by atoms with E-state index in [4.69, 9.17) is 72.0 Å². The normalized spacial score (nSPS) is 20.4. The topological polar surface area (TPSA) is 463 Å². The Hall–Kier alpha value is -6.24. The number of amides is 3. The number of carbonyl (C=O) groups is 6. The summed E-state index contributed by atoms with van der Waals surface area (Å²) in [5.74, 6) is -5.09. The lowest BCUT2D eigenvalue weighted by Gasteiger charge is -2.40. The first-order chi connectivity index (χ1) is 37.2. The molecule has 10 atom stereocenters. The number of hydrogen-bond acceptors (Lipinski definition) is 21. The van der Waals surface area contributed by atoms with Gasteiger partial charge in [0.2, 0.25) is 29.2 Å². The molecule has 442 valence electrons. The van der Waals surface area contributed by atoms with Gasteiger partial charge in [-0.15, -0.1) is 6.42 Å². The molecule has 0 aromatic rings. The van der Waals surface area contributed by atoms with E-state index in [1.54, 1.807) is 11.8 Å². The summed E-state index contributed by atoms with van der Waals surface area (Å²) in [6, 6.07) is -3.30. The molecular weight excluding hydrogens is 1040 g/mol. The van der Waals surface area contributed by atoms with Gasteiger partial charge in [-0.2, -0.15) is 0 Å². The van der Waals surface area contributed by atoms with Crippen LogP contribution >= 0.6 is 0 Å². The molecule has 2 aliphatic rings. The van der Waals surface area contributed by atoms with Gasteiger partial charge >= 0.3 is 11.9 Å². The average molecular weight is 1120 g/mol. The lowest BCUT2D eigenvalue weighted by Crippen LogP contribution is -2.60. The summed E-state index contributed by atoms with van der Waals surface area (Å²) in [6.45, 7) is 2.45. The molecule has 0 unspecified atom stereocenters. The summed E-state index contributed by atoms with van der Waals surface area (Å²) in [6.07, 6.45) is -0.0822. The van der Waals surface area contributed by atoms with Crippen LogP contribution in [0.1, 0.15) is 46.0 Å². The number of rotatable bonds is 42. The number of carboxylic acids is 2. The number of nitrogens with zero attached hydrogens (tertiary/aromatic N) is 3. The lowest BCUT2D eigenvalue weighted by atomic mass is 9.87. The Labute approximate surface area is 451 Å². The zero-order valence-corrected chi connectivity index (χ0v) is 44.0. The third kappa shape index (κ3) is 26.4. The molecule has 0 aromatic heterocycles. The number of aliphatic hydroxyl groups excluding tert-OH is 4. The van der Waals surface area contributed by atoms with Crippen molar-refractivity contribution in [2.75, 3.05) is 112 Å². The summed E-state index contributed by atoms with van der Waals surface area (Å²) in [7, 11) is 0. The number of aliphatic hydroxyl groups is 4. The second-order valence-electron chi connectivity index (χ2n) is 17.6. The molecule has 0 aliphatic carbocycles. The van der Waals surface area contributed by atoms with Crippen LogP contribution in [0.2, 0.25) is 0 Å². The third-order valence-electron chi connectivity index (χ3n) is 11.5. The van der Waals surface area contributed by atoms with E-state index < -0.39 is 128 Å². The number of unbranched alkanes of at least 4 members (excludes halogenated alkanes) is 2. The van der Waals surface area contributed by atoms with Crippen molar-refractivity contribution >= 4 is 47.4 Å². The summed E-state index contributed by atoms with van der Waals surface area (Å²) in [4.78, 5) is 84.7. The van der Waals surface area contributed by atoms with Gasteiger partial charge in [0.25, 0.3) is 0 Å². The highest BCUT2D eigenvalue weighted by molar-refractivity contribution is 5.86. The number of guanidine groups is 2. The molecule has 0 radical (unpaired) electrons. The number of nitrogens with one attached hydrogen (secondary N) is 2. The van der Waals surface area contributed by atoms with Crippen LogP contribution in [0.15, 0.2) is 33.7 Å². The number of carboxylic acid groups (broad SMARTS) is 2. The second-order valence-corrected chi connectivity index (χ2v) is 17.6. The van der Waals surface area contributed by atoms with Gasteiger partial charge in [0.1, 0.15) is 50.3 Å². The van der Waals surface area contributed by atoms with E-state index in [-0.39, 0.29) is 89.8 Å². The number of terminal acetylenes is 1. The van der Waals surface area contributed by atoms with Crippen molar-refractivity contribution in [3.05, 3.63) is 23.7 Å². The van der Waals surface area contributed by atoms with E-state index >= 15 is 0 Å². The van der Waals surface area contributed by atoms with Crippen molar-refractivity contribution in [2.24, 2.45) is 38.8 Å². The molecule has 0 spiro atoms. The fourth-order valence-corrected chi connectivity index (χ4v) is 7.76. The molecule has 0 bridgehead atoms. The molecule has 3 amide bonds. The number of hydrogen-bond donors (Lipinski definition) is 12. The zero-order valence-electron chi connectivity index (χ0n) is 44.0. The van der Waals surface area contributed by atoms with Gasteiger partial charge in [-0.25, -0.2) is 19.6 Å². The van der Waals surface area contributed by atoms with Crippen LogP contribution in [0, 0.1) is 18.3 Å². The number of ether oxygens (including phenoxy) is 9. The van der Waals surface area contributed by atoms with E-state index in [0.717, 1.165) is 13.0 Å². The molecule has 2 aliphatic heterocycles. The van der Waals surface area contributed by atoms with Crippen molar-refractivity contribution in [2.45, 2.75) is 101 Å². The molecule has 16 N–H and O–H groups in total. The number of aliphatic imine (C=N–C) groups is 2. The van der Waals surface area contributed by atoms with Gasteiger partial charge in [0.15, 0.2) is 23.8 Å². The number of nitrogens with two attached hydrogens (primary N) is 4. The van der Waals surface area contributed by atoms with E-state index in [9.17, 15) is 59.4 Å². The SMILES string of the molecule is C#CCOCCOCCOCCOCCC(=O)N(CCCCCC(=O)CO[C@@H]([C@@H]1OC(C(=O)O)=C[C@H](N=C(N)N)[C@H]1C)[C@H](O)CO)CCOCCNC(=O)CO[C@@H]([C@@H]1OC(C(=O)O)=C[C@H](N=C(N)N)[C@H]1NC(C)=O)[C@H](O)CO. The van der Waals surface area contributed by atoms with Gasteiger partial charge in [0, 0.05) is 38.9 Å². The average Bonchev–Trinajstić information content (AvgIpc) is 3.44. The number of Topliss-reactive ketones (excluding diaryl/α,β-unsaturated/α-hetero) is 1. The minimum Gasteiger partial charge on any atom is -0.480 e. The van der Waals surface area contributed by atoms with Crippen LogP contribution in [0.25, 0.3) is 0 Å². The van der Waals surface area contributed by atoms with E-state index in [1.165, 1.54) is 6.08 Å². The Morgan fingerprint density at radius 3 is 1.79 bits per heavy atom. The predicted octanol–water partition coefficient (Wildman–Crippen LogP) is -5.20. The van der Waals surface area contributed by atoms with Gasteiger partial charge in [-0.1, -0.05) is 19.3 Å². The maximum absolute atomic E-state index is 13.4. The fraction of sp³-hybridized carbons (Fsp3) is 0.708. The number of carbonyl (C=O) groups excluding carboxylic acids is 4. The highest BCUT2D eigenvalue weighted by Crippen LogP contribution is 2.31. The zero-order chi connectivity index (χ0) is 58.0. The van der Waals surface area contributed by atoms with E-state index in [0.29, 0.717) is 45.7 Å². The van der Waals surface area contributed by atoms with Crippen LogP contribution in [0.5, 0.6) is 0 Å². The van der Waals surface area contributed by atoms with E-state index in [2.05, 4.69) is 26.5 Å². The predicted molar refractivity (Wildman–Crippen MR) is 273 cm³/mol. The molecule has 78 heavy (non-hydrogen) atoms. The Morgan fingerprint density at radius 2 is 1.23 bits per heavy atom. The van der Waals surface area contributed by atoms with Gasteiger partial charge in [0.05, 0.1) is 97.2 Å².